The molecule has 0 saturated carbocycles. The molecule has 0 bridgehead atoms. The molecule has 3 rings (SSSR count). The molecule has 1 N–H and O–H groups in total. The Labute approximate surface area is 139 Å². The van der Waals surface area contributed by atoms with Crippen LogP contribution in [0.4, 0.5) is 9.52 Å². The summed E-state index contributed by atoms with van der Waals surface area (Å²) in [5.41, 5.74) is 1.38. The minimum atomic E-state index is -0.354. The number of nitrogens with zero attached hydrogens (tertiary/aromatic N) is 2. The van der Waals surface area contributed by atoms with E-state index in [1.54, 1.807) is 18.2 Å². The first-order valence-corrected chi connectivity index (χ1v) is 8.79. The summed E-state index contributed by atoms with van der Waals surface area (Å²) < 4.78 is 13.6. The first-order valence-electron chi connectivity index (χ1n) is 7.91. The van der Waals surface area contributed by atoms with Crippen LogP contribution in [0, 0.1) is 5.82 Å². The van der Waals surface area contributed by atoms with E-state index in [0.29, 0.717) is 10.7 Å². The maximum atomic E-state index is 13.6. The highest BCUT2D eigenvalue weighted by Crippen LogP contribution is 2.19. The summed E-state index contributed by atoms with van der Waals surface area (Å²) in [5, 5.41) is 5.32. The maximum Gasteiger partial charge on any atom is 0.230 e. The number of hydrogen-bond donors (Lipinski definition) is 1. The minimum Gasteiger partial charge on any atom is -0.302 e. The second kappa shape index (κ2) is 7.66. The van der Waals surface area contributed by atoms with Gasteiger partial charge < -0.3 is 5.32 Å². The molecule has 1 aromatic heterocycles. The first-order chi connectivity index (χ1) is 11.2. The van der Waals surface area contributed by atoms with Crippen molar-refractivity contribution in [3.63, 3.8) is 0 Å². The molecular weight excluding hydrogens is 313 g/mol. The van der Waals surface area contributed by atoms with Crippen LogP contribution in [0.15, 0.2) is 29.6 Å². The Hall–Kier alpha value is -1.79. The average molecular weight is 333 g/mol. The number of carbonyl (C=O) groups is 1. The second-order valence-electron chi connectivity index (χ2n) is 5.80. The number of rotatable bonds is 5. The number of amides is 1. The van der Waals surface area contributed by atoms with Gasteiger partial charge >= 0.3 is 0 Å². The molecular formula is C17H20FN3OS. The van der Waals surface area contributed by atoms with Gasteiger partial charge in [0.2, 0.25) is 5.91 Å². The molecule has 23 heavy (non-hydrogen) atoms. The van der Waals surface area contributed by atoms with Gasteiger partial charge in [0.05, 0.1) is 12.1 Å². The second-order valence-corrected chi connectivity index (χ2v) is 6.66. The predicted octanol–water partition coefficient (Wildman–Crippen LogP) is 3.45. The molecule has 4 nitrogen and oxygen atoms in total. The van der Waals surface area contributed by atoms with Crippen molar-refractivity contribution in [1.82, 2.24) is 9.88 Å². The Morgan fingerprint density at radius 3 is 2.83 bits per heavy atom. The minimum absolute atomic E-state index is 0.0215. The van der Waals surface area contributed by atoms with Crippen LogP contribution in [-0.4, -0.2) is 28.9 Å². The van der Waals surface area contributed by atoms with Crippen molar-refractivity contribution in [2.24, 2.45) is 0 Å². The van der Waals surface area contributed by atoms with Gasteiger partial charge in [0.25, 0.3) is 0 Å². The lowest BCUT2D eigenvalue weighted by atomic mass is 10.1. The number of halogens is 1. The molecule has 0 spiro atoms. The van der Waals surface area contributed by atoms with Gasteiger partial charge in [0, 0.05) is 11.9 Å². The number of likely N-dealkylation sites (tertiary alicyclic amines) is 1. The van der Waals surface area contributed by atoms with E-state index in [1.807, 2.05) is 5.38 Å². The fourth-order valence-electron chi connectivity index (χ4n) is 2.76. The molecule has 122 valence electrons. The molecule has 2 heterocycles. The Kier molecular flexibility index (Phi) is 5.35. The molecule has 1 fully saturated rings. The number of anilines is 1. The topological polar surface area (TPSA) is 45.2 Å². The zero-order valence-corrected chi connectivity index (χ0v) is 13.7. The highest BCUT2D eigenvalue weighted by atomic mass is 32.1. The summed E-state index contributed by atoms with van der Waals surface area (Å²) >= 11 is 1.42. The van der Waals surface area contributed by atoms with Crippen LogP contribution in [0.1, 0.15) is 30.5 Å². The van der Waals surface area contributed by atoms with Crippen molar-refractivity contribution < 1.29 is 9.18 Å². The lowest BCUT2D eigenvalue weighted by molar-refractivity contribution is -0.115. The average Bonchev–Trinajstić information content (AvgIpc) is 2.97. The summed E-state index contributed by atoms with van der Waals surface area (Å²) in [5.74, 6) is -0.596. The van der Waals surface area contributed by atoms with E-state index in [0.717, 1.165) is 25.3 Å². The molecule has 1 aromatic carbocycles. The van der Waals surface area contributed by atoms with Crippen LogP contribution >= 0.6 is 11.3 Å². The summed E-state index contributed by atoms with van der Waals surface area (Å²) in [6.07, 6.45) is 3.82. The van der Waals surface area contributed by atoms with Crippen LogP contribution < -0.4 is 5.32 Å². The van der Waals surface area contributed by atoms with Gasteiger partial charge in [-0.15, -0.1) is 11.3 Å². The molecule has 1 saturated heterocycles. The zero-order valence-electron chi connectivity index (χ0n) is 12.9. The number of aromatic nitrogens is 1. The molecule has 0 unspecified atom stereocenters. The van der Waals surface area contributed by atoms with Gasteiger partial charge in [-0.25, -0.2) is 9.37 Å². The maximum absolute atomic E-state index is 13.6. The Bertz CT molecular complexity index is 667. The molecule has 0 aliphatic carbocycles. The lowest BCUT2D eigenvalue weighted by Gasteiger charge is -2.25. The van der Waals surface area contributed by atoms with Crippen molar-refractivity contribution >= 4 is 22.4 Å². The molecule has 2 aromatic rings. The van der Waals surface area contributed by atoms with Gasteiger partial charge in [-0.05, 0) is 37.6 Å². The third-order valence-electron chi connectivity index (χ3n) is 3.94. The van der Waals surface area contributed by atoms with Crippen molar-refractivity contribution in [2.45, 2.75) is 32.2 Å². The normalized spacial score (nSPS) is 15.5. The van der Waals surface area contributed by atoms with E-state index >= 15 is 0 Å². The van der Waals surface area contributed by atoms with Gasteiger partial charge in [0.15, 0.2) is 5.13 Å². The van der Waals surface area contributed by atoms with Crippen LogP contribution in [0.5, 0.6) is 0 Å². The van der Waals surface area contributed by atoms with E-state index < -0.39 is 0 Å². The standard InChI is InChI=1S/C17H20FN3OS/c18-15-7-3-2-6-13(15)10-16(22)20-17-19-14(12-23-17)11-21-8-4-1-5-9-21/h2-3,6-7,12H,1,4-5,8-11H2,(H,19,20,22). The SMILES string of the molecule is O=C(Cc1ccccc1F)Nc1nc(CN2CCCCC2)cs1. The van der Waals surface area contributed by atoms with Crippen LogP contribution in [0.25, 0.3) is 0 Å². The number of hydrogen-bond acceptors (Lipinski definition) is 4. The smallest absolute Gasteiger partial charge is 0.230 e. The highest BCUT2D eigenvalue weighted by molar-refractivity contribution is 7.13. The number of nitrogens with one attached hydrogen (secondary N) is 1. The largest absolute Gasteiger partial charge is 0.302 e. The lowest BCUT2D eigenvalue weighted by Crippen LogP contribution is -2.29. The fraction of sp³-hybridized carbons (Fsp3) is 0.412. The van der Waals surface area contributed by atoms with Crippen molar-refractivity contribution in [3.05, 3.63) is 46.7 Å². The van der Waals surface area contributed by atoms with Crippen LogP contribution in [0.2, 0.25) is 0 Å². The molecule has 0 radical (unpaired) electrons. The summed E-state index contributed by atoms with van der Waals surface area (Å²) in [4.78, 5) is 18.9. The van der Waals surface area contributed by atoms with E-state index in [9.17, 15) is 9.18 Å². The molecule has 6 heteroatoms. The Balaban J connectivity index is 1.54. The molecule has 0 atom stereocenters. The summed E-state index contributed by atoms with van der Waals surface area (Å²) in [7, 11) is 0. The van der Waals surface area contributed by atoms with Crippen molar-refractivity contribution in [3.8, 4) is 0 Å². The third-order valence-corrected chi connectivity index (χ3v) is 4.75. The summed E-state index contributed by atoms with van der Waals surface area (Å²) in [6, 6.07) is 6.33. The quantitative estimate of drug-likeness (QED) is 0.911. The zero-order chi connectivity index (χ0) is 16.1. The number of carbonyl (C=O) groups excluding carboxylic acids is 1. The highest BCUT2D eigenvalue weighted by Gasteiger charge is 2.14. The number of benzene rings is 1. The van der Waals surface area contributed by atoms with Crippen LogP contribution in [-0.2, 0) is 17.8 Å². The van der Waals surface area contributed by atoms with Crippen LogP contribution in [0.3, 0.4) is 0 Å². The van der Waals surface area contributed by atoms with Crippen molar-refractivity contribution in [1.29, 1.82) is 0 Å². The number of thiazole rings is 1. The number of piperidine rings is 1. The monoisotopic (exact) mass is 333 g/mol. The van der Waals surface area contributed by atoms with E-state index in [1.165, 1.54) is 36.7 Å². The first kappa shape index (κ1) is 16.1. The molecule has 1 amide bonds. The third kappa shape index (κ3) is 4.59. The van der Waals surface area contributed by atoms with Crippen molar-refractivity contribution in [2.75, 3.05) is 18.4 Å². The predicted molar refractivity (Wildman–Crippen MR) is 90.0 cm³/mol. The Morgan fingerprint density at radius 2 is 2.04 bits per heavy atom. The molecule has 1 aliphatic heterocycles. The van der Waals surface area contributed by atoms with Gasteiger partial charge in [0.1, 0.15) is 5.82 Å². The fourth-order valence-corrected chi connectivity index (χ4v) is 3.48. The molecule has 1 aliphatic rings. The van der Waals surface area contributed by atoms with Gasteiger partial charge in [-0.2, -0.15) is 0 Å². The van der Waals surface area contributed by atoms with E-state index in [4.69, 9.17) is 0 Å². The Morgan fingerprint density at radius 1 is 1.26 bits per heavy atom. The summed E-state index contributed by atoms with van der Waals surface area (Å²) in [6.45, 7) is 3.07. The van der Waals surface area contributed by atoms with E-state index in [-0.39, 0.29) is 18.1 Å². The van der Waals surface area contributed by atoms with Gasteiger partial charge in [-0.1, -0.05) is 24.6 Å². The van der Waals surface area contributed by atoms with E-state index in [2.05, 4.69) is 15.2 Å². The van der Waals surface area contributed by atoms with Gasteiger partial charge in [-0.3, -0.25) is 9.69 Å².